The van der Waals surface area contributed by atoms with Gasteiger partial charge >= 0.3 is 0 Å². The van der Waals surface area contributed by atoms with Crippen LogP contribution in [0.1, 0.15) is 18.4 Å². The van der Waals surface area contributed by atoms with E-state index in [1.54, 1.807) is 18.5 Å². The van der Waals surface area contributed by atoms with Crippen molar-refractivity contribution < 1.29 is 13.2 Å². The fraction of sp³-hybridized carbons (Fsp3) is 0.571. The third kappa shape index (κ3) is 3.38. The minimum Gasteiger partial charge on any atom is -0.383 e. The molecule has 23 heavy (non-hydrogen) atoms. The maximum atomic E-state index is 12.8. The second-order valence-electron chi connectivity index (χ2n) is 5.71. The molecule has 2 heterocycles. The average molecular weight is 356 g/mol. The monoisotopic (exact) mass is 356 g/mol. The lowest BCUT2D eigenvalue weighted by Crippen LogP contribution is -2.45. The van der Waals surface area contributed by atoms with Crippen LogP contribution < -0.4 is 0 Å². The minimum atomic E-state index is -3.49. The highest BCUT2D eigenvalue weighted by Gasteiger charge is 2.36. The van der Waals surface area contributed by atoms with Gasteiger partial charge in [-0.05, 0) is 30.5 Å². The summed E-state index contributed by atoms with van der Waals surface area (Å²) in [5.41, 5.74) is 2.54. The number of hydrogen-bond donors (Lipinski definition) is 0. The van der Waals surface area contributed by atoms with Gasteiger partial charge in [0.25, 0.3) is 10.2 Å². The first-order valence-electron chi connectivity index (χ1n) is 7.45. The van der Waals surface area contributed by atoms with Gasteiger partial charge in [-0.25, -0.2) is 0 Å². The first-order chi connectivity index (χ1) is 11.0. The molecule has 0 bridgehead atoms. The summed E-state index contributed by atoms with van der Waals surface area (Å²) in [6.45, 7) is 1.30. The summed E-state index contributed by atoms with van der Waals surface area (Å²) < 4.78 is 42.1. The number of hydrogen-bond acceptors (Lipinski definition) is 6. The molecule has 1 aliphatic heterocycles. The summed E-state index contributed by atoms with van der Waals surface area (Å²) >= 11 is 1.16. The van der Waals surface area contributed by atoms with E-state index in [1.165, 1.54) is 4.31 Å². The molecule has 1 fully saturated rings. The van der Waals surface area contributed by atoms with E-state index in [0.717, 1.165) is 41.2 Å². The van der Waals surface area contributed by atoms with Crippen LogP contribution in [0.4, 0.5) is 0 Å². The van der Waals surface area contributed by atoms with Crippen LogP contribution in [0, 0.1) is 0 Å². The Kier molecular flexibility index (Phi) is 4.93. The molecule has 0 aliphatic carbocycles. The van der Waals surface area contributed by atoms with E-state index >= 15 is 0 Å². The number of nitrogens with zero attached hydrogens (tertiary/aromatic N) is 4. The predicted molar refractivity (Wildman–Crippen MR) is 89.4 cm³/mol. The van der Waals surface area contributed by atoms with Gasteiger partial charge in [0.1, 0.15) is 11.0 Å². The van der Waals surface area contributed by atoms with Crippen LogP contribution in [-0.2, 0) is 21.5 Å². The van der Waals surface area contributed by atoms with E-state index in [1.807, 2.05) is 18.2 Å². The van der Waals surface area contributed by atoms with Crippen molar-refractivity contribution in [3.8, 4) is 0 Å². The molecule has 1 atom stereocenters. The number of methoxy groups -OCH3 is 1. The van der Waals surface area contributed by atoms with Crippen molar-refractivity contribution in [2.45, 2.75) is 25.4 Å². The van der Waals surface area contributed by atoms with Gasteiger partial charge in [0, 0.05) is 33.3 Å². The summed E-state index contributed by atoms with van der Waals surface area (Å²) in [5, 5.41) is 0. The lowest BCUT2D eigenvalue weighted by molar-refractivity contribution is 0.146. The lowest BCUT2D eigenvalue weighted by atomic mass is 10.2. The van der Waals surface area contributed by atoms with E-state index in [0.29, 0.717) is 19.7 Å². The van der Waals surface area contributed by atoms with Crippen molar-refractivity contribution in [1.82, 2.24) is 17.4 Å². The summed E-state index contributed by atoms with van der Waals surface area (Å²) in [7, 11) is -0.282. The molecule has 1 saturated heterocycles. The molecule has 9 heteroatoms. The first-order valence-corrected chi connectivity index (χ1v) is 9.58. The van der Waals surface area contributed by atoms with Crippen molar-refractivity contribution >= 4 is 33.0 Å². The highest BCUT2D eigenvalue weighted by molar-refractivity contribution is 7.86. The predicted octanol–water partition coefficient (Wildman–Crippen LogP) is 1.48. The Bertz CT molecular complexity index is 777. The maximum Gasteiger partial charge on any atom is 0.282 e. The molecule has 1 aromatic carbocycles. The molecule has 126 valence electrons. The molecule has 0 N–H and O–H groups in total. The van der Waals surface area contributed by atoms with E-state index in [-0.39, 0.29) is 6.04 Å². The molecular formula is C14H20N4O3S2. The smallest absolute Gasteiger partial charge is 0.282 e. The van der Waals surface area contributed by atoms with Gasteiger partial charge in [-0.3, -0.25) is 0 Å². The molecule has 2 aromatic rings. The Balaban J connectivity index is 1.76. The molecule has 1 aliphatic rings. The highest BCUT2D eigenvalue weighted by Crippen LogP contribution is 2.24. The SMILES string of the molecule is COCC1CCCN1S(=O)(=O)N(C)Cc1ccc2nsnc2c1. The second kappa shape index (κ2) is 6.78. The van der Waals surface area contributed by atoms with Crippen LogP contribution in [-0.4, -0.2) is 59.1 Å². The first kappa shape index (κ1) is 16.7. The minimum absolute atomic E-state index is 0.0716. The molecule has 7 nitrogen and oxygen atoms in total. The van der Waals surface area contributed by atoms with Gasteiger partial charge in [-0.15, -0.1) is 0 Å². The molecule has 1 unspecified atom stereocenters. The van der Waals surface area contributed by atoms with E-state index < -0.39 is 10.2 Å². The zero-order chi connectivity index (χ0) is 16.4. The van der Waals surface area contributed by atoms with Gasteiger partial charge < -0.3 is 4.74 Å². The standard InChI is InChI=1S/C14H20N4O3S2/c1-17(9-11-5-6-13-14(8-11)16-22-15-13)23(19,20)18-7-3-4-12(18)10-21-2/h5-6,8,12H,3-4,7,9-10H2,1-2H3. The molecule has 1 aromatic heterocycles. The fourth-order valence-electron chi connectivity index (χ4n) is 2.92. The van der Waals surface area contributed by atoms with Crippen LogP contribution in [0.15, 0.2) is 18.2 Å². The maximum absolute atomic E-state index is 12.8. The summed E-state index contributed by atoms with van der Waals surface area (Å²) in [6, 6.07) is 5.59. The van der Waals surface area contributed by atoms with Crippen LogP contribution in [0.25, 0.3) is 11.0 Å². The van der Waals surface area contributed by atoms with Gasteiger partial charge in [-0.2, -0.15) is 25.8 Å². The quantitative estimate of drug-likeness (QED) is 0.784. The number of ether oxygens (including phenoxy) is 1. The number of aromatic nitrogens is 2. The van der Waals surface area contributed by atoms with E-state index in [2.05, 4.69) is 8.75 Å². The summed E-state index contributed by atoms with van der Waals surface area (Å²) in [4.78, 5) is 0. The second-order valence-corrected chi connectivity index (χ2v) is 8.23. The Labute approximate surface area is 140 Å². The van der Waals surface area contributed by atoms with Crippen molar-refractivity contribution in [3.05, 3.63) is 23.8 Å². The van der Waals surface area contributed by atoms with Crippen molar-refractivity contribution in [2.24, 2.45) is 0 Å². The van der Waals surface area contributed by atoms with Crippen molar-refractivity contribution in [3.63, 3.8) is 0 Å². The normalized spacial score (nSPS) is 19.9. The Hall–Kier alpha value is -1.13. The zero-order valence-electron chi connectivity index (χ0n) is 13.2. The molecular weight excluding hydrogens is 336 g/mol. The largest absolute Gasteiger partial charge is 0.383 e. The molecule has 0 spiro atoms. The van der Waals surface area contributed by atoms with E-state index in [4.69, 9.17) is 4.74 Å². The van der Waals surface area contributed by atoms with Gasteiger partial charge in [0.2, 0.25) is 0 Å². The van der Waals surface area contributed by atoms with Gasteiger partial charge in [0.15, 0.2) is 0 Å². The molecule has 0 saturated carbocycles. The van der Waals surface area contributed by atoms with Crippen LogP contribution >= 0.6 is 11.7 Å². The molecule has 0 radical (unpaired) electrons. The molecule has 0 amide bonds. The van der Waals surface area contributed by atoms with Crippen LogP contribution in [0.5, 0.6) is 0 Å². The number of benzene rings is 1. The summed E-state index contributed by atoms with van der Waals surface area (Å²) in [5.74, 6) is 0. The Morgan fingerprint density at radius 1 is 1.39 bits per heavy atom. The zero-order valence-corrected chi connectivity index (χ0v) is 14.8. The van der Waals surface area contributed by atoms with Crippen LogP contribution in [0.3, 0.4) is 0 Å². The van der Waals surface area contributed by atoms with Crippen LogP contribution in [0.2, 0.25) is 0 Å². The average Bonchev–Trinajstić information content (AvgIpc) is 3.16. The van der Waals surface area contributed by atoms with Gasteiger partial charge in [0.05, 0.1) is 18.3 Å². The third-order valence-corrected chi connectivity index (χ3v) is 6.64. The van der Waals surface area contributed by atoms with Gasteiger partial charge in [-0.1, -0.05) is 6.07 Å². The highest BCUT2D eigenvalue weighted by atomic mass is 32.2. The Morgan fingerprint density at radius 3 is 2.96 bits per heavy atom. The fourth-order valence-corrected chi connectivity index (χ4v) is 5.01. The Morgan fingerprint density at radius 2 is 2.17 bits per heavy atom. The summed E-state index contributed by atoms with van der Waals surface area (Å²) in [6.07, 6.45) is 1.72. The number of rotatable bonds is 6. The van der Waals surface area contributed by atoms with E-state index in [9.17, 15) is 8.42 Å². The van der Waals surface area contributed by atoms with Crippen molar-refractivity contribution in [1.29, 1.82) is 0 Å². The van der Waals surface area contributed by atoms with Crippen molar-refractivity contribution in [2.75, 3.05) is 27.3 Å². The molecule has 3 rings (SSSR count). The third-order valence-electron chi connectivity index (χ3n) is 4.10. The number of fused-ring (bicyclic) bond motifs is 1. The lowest BCUT2D eigenvalue weighted by Gasteiger charge is -2.28. The topological polar surface area (TPSA) is 75.6 Å².